The second-order valence-corrected chi connectivity index (χ2v) is 5.01. The van der Waals surface area contributed by atoms with Crippen molar-refractivity contribution in [1.29, 1.82) is 0 Å². The average Bonchev–Trinajstić information content (AvgIpc) is 2.73. The molecule has 0 saturated carbocycles. The Labute approximate surface area is 114 Å². The highest BCUT2D eigenvalue weighted by Gasteiger charge is 2.13. The van der Waals surface area contributed by atoms with Crippen molar-refractivity contribution in [2.24, 2.45) is 0 Å². The van der Waals surface area contributed by atoms with Crippen molar-refractivity contribution < 1.29 is 0 Å². The molecule has 3 heteroatoms. The molecule has 1 aromatic heterocycles. The third kappa shape index (κ3) is 2.80. The van der Waals surface area contributed by atoms with Gasteiger partial charge >= 0.3 is 0 Å². The van der Waals surface area contributed by atoms with E-state index in [4.69, 9.17) is 0 Å². The first-order chi connectivity index (χ1) is 9.17. The van der Waals surface area contributed by atoms with Crippen molar-refractivity contribution >= 4 is 0 Å². The molecule has 0 spiro atoms. The second kappa shape index (κ2) is 5.91. The quantitative estimate of drug-likeness (QED) is 0.877. The molecule has 0 aliphatic carbocycles. The van der Waals surface area contributed by atoms with Crippen LogP contribution in [-0.2, 0) is 12.8 Å². The number of benzene rings is 1. The van der Waals surface area contributed by atoms with Crippen molar-refractivity contribution in [1.82, 2.24) is 9.78 Å². The lowest BCUT2D eigenvalue weighted by Gasteiger charge is -2.02. The normalized spacial score (nSPS) is 10.9. The van der Waals surface area contributed by atoms with E-state index in [-0.39, 0.29) is 5.56 Å². The smallest absolute Gasteiger partial charge is 0.274 e. The molecule has 19 heavy (non-hydrogen) atoms. The lowest BCUT2D eigenvalue weighted by Crippen LogP contribution is -2.17. The summed E-state index contributed by atoms with van der Waals surface area (Å²) in [6, 6.07) is 8.01. The first-order valence-corrected chi connectivity index (χ1v) is 7.07. The van der Waals surface area contributed by atoms with Crippen LogP contribution in [0.15, 0.2) is 29.1 Å². The Balaban J connectivity index is 2.47. The monoisotopic (exact) mass is 258 g/mol. The maximum absolute atomic E-state index is 12.5. The number of hydrogen-bond acceptors (Lipinski definition) is 1. The molecule has 0 aliphatic rings. The fourth-order valence-electron chi connectivity index (χ4n) is 2.37. The Hall–Kier alpha value is -1.77. The van der Waals surface area contributed by atoms with Crippen LogP contribution in [-0.4, -0.2) is 9.78 Å². The van der Waals surface area contributed by atoms with Crippen molar-refractivity contribution in [2.45, 2.75) is 46.5 Å². The zero-order valence-corrected chi connectivity index (χ0v) is 12.0. The van der Waals surface area contributed by atoms with Gasteiger partial charge in [0.25, 0.3) is 5.56 Å². The first kappa shape index (κ1) is 13.7. The molecule has 1 N–H and O–H groups in total. The number of nitrogens with one attached hydrogen (secondary N) is 1. The van der Waals surface area contributed by atoms with E-state index in [1.165, 1.54) is 0 Å². The van der Waals surface area contributed by atoms with Crippen LogP contribution in [0.2, 0.25) is 0 Å². The zero-order valence-electron chi connectivity index (χ0n) is 12.0. The molecule has 0 amide bonds. The Morgan fingerprint density at radius 2 is 2.05 bits per heavy atom. The molecular weight excluding hydrogens is 236 g/mol. The fourth-order valence-corrected chi connectivity index (χ4v) is 2.37. The number of unbranched alkanes of at least 4 members (excludes halogenated alkanes) is 1. The van der Waals surface area contributed by atoms with Crippen LogP contribution >= 0.6 is 0 Å². The van der Waals surface area contributed by atoms with Crippen molar-refractivity contribution in [2.75, 3.05) is 0 Å². The zero-order chi connectivity index (χ0) is 13.8. The molecule has 0 fully saturated rings. The van der Waals surface area contributed by atoms with Gasteiger partial charge in [0.05, 0.1) is 5.69 Å². The molecule has 0 aliphatic heterocycles. The van der Waals surface area contributed by atoms with E-state index < -0.39 is 0 Å². The highest BCUT2D eigenvalue weighted by Crippen LogP contribution is 2.12. The van der Waals surface area contributed by atoms with Gasteiger partial charge in [0.1, 0.15) is 0 Å². The van der Waals surface area contributed by atoms with Gasteiger partial charge in [-0.1, -0.05) is 32.4 Å². The Kier molecular flexibility index (Phi) is 4.25. The molecule has 2 aromatic rings. The van der Waals surface area contributed by atoms with E-state index in [1.54, 1.807) is 4.68 Å². The van der Waals surface area contributed by atoms with Crippen LogP contribution in [0.25, 0.3) is 5.69 Å². The number of H-pyrrole nitrogens is 1. The van der Waals surface area contributed by atoms with Crippen LogP contribution in [0.4, 0.5) is 0 Å². The molecule has 1 aromatic carbocycles. The topological polar surface area (TPSA) is 37.8 Å². The van der Waals surface area contributed by atoms with Gasteiger partial charge in [-0.3, -0.25) is 9.89 Å². The minimum Gasteiger partial charge on any atom is -0.295 e. The van der Waals surface area contributed by atoms with Gasteiger partial charge in [0.2, 0.25) is 0 Å². The molecule has 3 nitrogen and oxygen atoms in total. The summed E-state index contributed by atoms with van der Waals surface area (Å²) in [4.78, 5) is 12.5. The van der Waals surface area contributed by atoms with Gasteiger partial charge in [-0.05, 0) is 43.9 Å². The third-order valence-corrected chi connectivity index (χ3v) is 3.47. The lowest BCUT2D eigenvalue weighted by atomic mass is 10.1. The Bertz CT molecular complexity index is 607. The van der Waals surface area contributed by atoms with E-state index in [0.717, 1.165) is 48.2 Å². The average molecular weight is 258 g/mol. The highest BCUT2D eigenvalue weighted by atomic mass is 16.1. The van der Waals surface area contributed by atoms with E-state index in [2.05, 4.69) is 18.9 Å². The summed E-state index contributed by atoms with van der Waals surface area (Å²) in [7, 11) is 0. The summed E-state index contributed by atoms with van der Waals surface area (Å²) in [6.07, 6.45) is 3.91. The SMILES string of the molecule is CCCCc1c(CC)[nH]n(-c2cccc(C)c2)c1=O. The molecule has 0 radical (unpaired) electrons. The first-order valence-electron chi connectivity index (χ1n) is 7.07. The summed E-state index contributed by atoms with van der Waals surface area (Å²) in [5.74, 6) is 0. The minimum absolute atomic E-state index is 0.107. The van der Waals surface area contributed by atoms with Gasteiger partial charge in [-0.25, -0.2) is 4.68 Å². The van der Waals surface area contributed by atoms with Gasteiger partial charge in [0, 0.05) is 11.3 Å². The molecule has 102 valence electrons. The van der Waals surface area contributed by atoms with E-state index in [0.29, 0.717) is 0 Å². The molecule has 0 saturated heterocycles. The fraction of sp³-hybridized carbons (Fsp3) is 0.438. The molecule has 2 rings (SSSR count). The highest BCUT2D eigenvalue weighted by molar-refractivity contribution is 5.36. The van der Waals surface area contributed by atoms with Crippen LogP contribution < -0.4 is 5.56 Å². The van der Waals surface area contributed by atoms with Gasteiger partial charge < -0.3 is 0 Å². The van der Waals surface area contributed by atoms with Crippen LogP contribution in [0.3, 0.4) is 0 Å². The number of rotatable bonds is 5. The van der Waals surface area contributed by atoms with Gasteiger partial charge in [-0.15, -0.1) is 0 Å². The lowest BCUT2D eigenvalue weighted by molar-refractivity contribution is 0.783. The Morgan fingerprint density at radius 3 is 2.68 bits per heavy atom. The molecular formula is C16H22N2O. The van der Waals surface area contributed by atoms with Crippen LogP contribution in [0.1, 0.15) is 43.5 Å². The van der Waals surface area contributed by atoms with Gasteiger partial charge in [-0.2, -0.15) is 0 Å². The summed E-state index contributed by atoms with van der Waals surface area (Å²) in [5, 5.41) is 3.26. The van der Waals surface area contributed by atoms with E-state index in [9.17, 15) is 4.79 Å². The number of hydrogen-bond donors (Lipinski definition) is 1. The standard InChI is InChI=1S/C16H22N2O/c1-4-6-10-14-15(5-2)17-18(16(14)19)13-9-7-8-12(3)11-13/h7-9,11,17H,4-6,10H2,1-3H3. The number of aromatic amines is 1. The number of nitrogens with zero attached hydrogens (tertiary/aromatic N) is 1. The third-order valence-electron chi connectivity index (χ3n) is 3.47. The molecule has 1 heterocycles. The summed E-state index contributed by atoms with van der Waals surface area (Å²) in [6.45, 7) is 6.27. The number of aryl methyl sites for hydroxylation is 2. The minimum atomic E-state index is 0.107. The molecule has 0 unspecified atom stereocenters. The summed E-state index contributed by atoms with van der Waals surface area (Å²) in [5.41, 5.74) is 4.20. The summed E-state index contributed by atoms with van der Waals surface area (Å²) < 4.78 is 1.68. The van der Waals surface area contributed by atoms with E-state index in [1.807, 2.05) is 31.2 Å². The molecule has 0 bridgehead atoms. The van der Waals surface area contributed by atoms with Crippen LogP contribution in [0.5, 0.6) is 0 Å². The number of aromatic nitrogens is 2. The van der Waals surface area contributed by atoms with Crippen molar-refractivity contribution in [3.8, 4) is 5.69 Å². The summed E-state index contributed by atoms with van der Waals surface area (Å²) >= 11 is 0. The largest absolute Gasteiger partial charge is 0.295 e. The van der Waals surface area contributed by atoms with Crippen molar-refractivity contribution in [3.63, 3.8) is 0 Å². The Morgan fingerprint density at radius 1 is 1.26 bits per heavy atom. The maximum Gasteiger partial charge on any atom is 0.274 e. The predicted octanol–water partition coefficient (Wildman–Crippen LogP) is 3.38. The van der Waals surface area contributed by atoms with E-state index >= 15 is 0 Å². The van der Waals surface area contributed by atoms with Crippen molar-refractivity contribution in [3.05, 3.63) is 51.4 Å². The maximum atomic E-state index is 12.5. The van der Waals surface area contributed by atoms with Crippen LogP contribution in [0, 0.1) is 6.92 Å². The van der Waals surface area contributed by atoms with Gasteiger partial charge in [0.15, 0.2) is 0 Å². The molecule has 0 atom stereocenters. The predicted molar refractivity (Wildman–Crippen MR) is 79.1 cm³/mol. The second-order valence-electron chi connectivity index (χ2n) is 5.01.